The second kappa shape index (κ2) is 7.08. The topological polar surface area (TPSA) is 99.4 Å². The molecular formula is C16H16N4O3S2. The van der Waals surface area contributed by atoms with E-state index in [4.69, 9.17) is 15.2 Å². The lowest BCUT2D eigenvalue weighted by Gasteiger charge is -2.10. The fourth-order valence-corrected chi connectivity index (χ4v) is 3.84. The monoisotopic (exact) mass is 376 g/mol. The zero-order chi connectivity index (χ0) is 18.0. The fraction of sp³-hybridized carbons (Fsp3) is 0.188. The van der Waals surface area contributed by atoms with Crippen LogP contribution >= 0.6 is 22.7 Å². The zero-order valence-corrected chi connectivity index (χ0v) is 15.5. The molecule has 0 unspecified atom stereocenters. The minimum atomic E-state index is -0.415. The van der Waals surface area contributed by atoms with Crippen LogP contribution < -0.4 is 15.8 Å². The number of carbonyl (C=O) groups excluding carboxylic acids is 1. The van der Waals surface area contributed by atoms with E-state index in [9.17, 15) is 4.79 Å². The molecule has 0 amide bonds. The maximum Gasteiger partial charge on any atom is 0.337 e. The molecule has 9 heteroatoms. The molecule has 1 aromatic carbocycles. The van der Waals surface area contributed by atoms with Gasteiger partial charge < -0.3 is 20.5 Å². The molecule has 25 heavy (non-hydrogen) atoms. The van der Waals surface area contributed by atoms with Crippen LogP contribution in [-0.2, 0) is 4.74 Å². The first-order chi connectivity index (χ1) is 12.0. The summed E-state index contributed by atoms with van der Waals surface area (Å²) in [6.45, 7) is 1.90. The van der Waals surface area contributed by atoms with E-state index in [1.165, 1.54) is 29.8 Å². The number of carbonyl (C=O) groups is 1. The van der Waals surface area contributed by atoms with E-state index in [0.29, 0.717) is 27.3 Å². The number of nitrogen functional groups attached to an aromatic ring is 1. The lowest BCUT2D eigenvalue weighted by molar-refractivity contribution is 0.0601. The van der Waals surface area contributed by atoms with Gasteiger partial charge in [-0.15, -0.1) is 11.3 Å². The van der Waals surface area contributed by atoms with Gasteiger partial charge in [-0.05, 0) is 25.1 Å². The van der Waals surface area contributed by atoms with Gasteiger partial charge in [0.1, 0.15) is 5.75 Å². The highest BCUT2D eigenvalue weighted by molar-refractivity contribution is 7.19. The Bertz CT molecular complexity index is 920. The number of methoxy groups -OCH3 is 2. The standard InChI is InChI=1S/C16H16N4O3S2/c1-8-13(25-15(17)18-8)11-7-24-16(20-11)19-10-6-9(14(21)23-3)4-5-12(10)22-2/h4-7H,1-3H3,(H2,17,18)(H,19,20). The number of benzene rings is 1. The average Bonchev–Trinajstić information content (AvgIpc) is 3.19. The molecule has 0 radical (unpaired) electrons. The number of thiazole rings is 2. The Balaban J connectivity index is 1.90. The van der Waals surface area contributed by atoms with Crippen molar-refractivity contribution >= 4 is 44.6 Å². The summed E-state index contributed by atoms with van der Waals surface area (Å²) < 4.78 is 10.1. The van der Waals surface area contributed by atoms with Crippen LogP contribution in [-0.4, -0.2) is 30.2 Å². The molecular weight excluding hydrogens is 360 g/mol. The van der Waals surface area contributed by atoms with Crippen LogP contribution in [0.2, 0.25) is 0 Å². The highest BCUT2D eigenvalue weighted by Gasteiger charge is 2.14. The van der Waals surface area contributed by atoms with Crippen LogP contribution in [0.1, 0.15) is 16.1 Å². The van der Waals surface area contributed by atoms with Gasteiger partial charge in [0.2, 0.25) is 0 Å². The van der Waals surface area contributed by atoms with Crippen LogP contribution in [0.5, 0.6) is 5.75 Å². The second-order valence-corrected chi connectivity index (χ2v) is 6.92. The number of ether oxygens (including phenoxy) is 2. The summed E-state index contributed by atoms with van der Waals surface area (Å²) in [5.41, 5.74) is 8.47. The largest absolute Gasteiger partial charge is 0.495 e. The quantitative estimate of drug-likeness (QED) is 0.655. The molecule has 0 spiro atoms. The van der Waals surface area contributed by atoms with Crippen LogP contribution in [0.25, 0.3) is 10.6 Å². The number of aryl methyl sites for hydroxylation is 1. The first kappa shape index (κ1) is 17.2. The Kier molecular flexibility index (Phi) is 4.86. The number of esters is 1. The van der Waals surface area contributed by atoms with Gasteiger partial charge in [0, 0.05) is 5.38 Å². The van der Waals surface area contributed by atoms with Gasteiger partial charge in [0.05, 0.1) is 41.7 Å². The molecule has 0 aliphatic carbocycles. The van der Waals surface area contributed by atoms with Crippen LogP contribution in [0, 0.1) is 6.92 Å². The van der Waals surface area contributed by atoms with Crippen molar-refractivity contribution in [2.45, 2.75) is 6.92 Å². The van der Waals surface area contributed by atoms with Crippen molar-refractivity contribution in [3.63, 3.8) is 0 Å². The molecule has 0 saturated heterocycles. The van der Waals surface area contributed by atoms with Gasteiger partial charge in [0.25, 0.3) is 0 Å². The van der Waals surface area contributed by atoms with Gasteiger partial charge in [0.15, 0.2) is 10.3 Å². The van der Waals surface area contributed by atoms with E-state index in [-0.39, 0.29) is 0 Å². The number of hydrogen-bond acceptors (Lipinski definition) is 9. The smallest absolute Gasteiger partial charge is 0.337 e. The number of nitrogens with two attached hydrogens (primary N) is 1. The Hall–Kier alpha value is -2.65. The second-order valence-electron chi connectivity index (χ2n) is 5.04. The summed E-state index contributed by atoms with van der Waals surface area (Å²) in [7, 11) is 2.91. The minimum Gasteiger partial charge on any atom is -0.495 e. The molecule has 3 N–H and O–H groups in total. The lowest BCUT2D eigenvalue weighted by atomic mass is 10.2. The summed E-state index contributed by atoms with van der Waals surface area (Å²) in [5.74, 6) is 0.184. The van der Waals surface area contributed by atoms with E-state index in [2.05, 4.69) is 15.3 Å². The molecule has 0 saturated carbocycles. The molecule has 0 atom stereocenters. The van der Waals surface area contributed by atoms with E-state index < -0.39 is 5.97 Å². The Labute approximate surface area is 152 Å². The molecule has 3 aromatic rings. The van der Waals surface area contributed by atoms with E-state index >= 15 is 0 Å². The summed E-state index contributed by atoms with van der Waals surface area (Å²) in [5, 5.41) is 6.30. The highest BCUT2D eigenvalue weighted by Crippen LogP contribution is 2.35. The number of nitrogens with zero attached hydrogens (tertiary/aromatic N) is 2. The fourth-order valence-electron chi connectivity index (χ4n) is 2.26. The Morgan fingerprint density at radius 3 is 2.72 bits per heavy atom. The number of anilines is 3. The first-order valence-electron chi connectivity index (χ1n) is 7.24. The van der Waals surface area contributed by atoms with Gasteiger partial charge in [-0.25, -0.2) is 14.8 Å². The number of hydrogen-bond donors (Lipinski definition) is 2. The van der Waals surface area contributed by atoms with Crippen molar-refractivity contribution in [2.24, 2.45) is 0 Å². The van der Waals surface area contributed by atoms with Crippen molar-refractivity contribution in [2.75, 3.05) is 25.3 Å². The van der Waals surface area contributed by atoms with Gasteiger partial charge >= 0.3 is 5.97 Å². The lowest BCUT2D eigenvalue weighted by Crippen LogP contribution is -2.03. The van der Waals surface area contributed by atoms with Crippen molar-refractivity contribution in [1.82, 2.24) is 9.97 Å². The zero-order valence-electron chi connectivity index (χ0n) is 13.8. The first-order valence-corrected chi connectivity index (χ1v) is 8.93. The molecule has 0 fully saturated rings. The molecule has 0 bridgehead atoms. The van der Waals surface area contributed by atoms with Crippen molar-refractivity contribution in [1.29, 1.82) is 0 Å². The average molecular weight is 376 g/mol. The van der Waals surface area contributed by atoms with Crippen molar-refractivity contribution < 1.29 is 14.3 Å². The maximum absolute atomic E-state index is 11.7. The highest BCUT2D eigenvalue weighted by atomic mass is 32.1. The van der Waals surface area contributed by atoms with Crippen LogP contribution in [0.3, 0.4) is 0 Å². The normalized spacial score (nSPS) is 10.5. The van der Waals surface area contributed by atoms with E-state index in [0.717, 1.165) is 16.3 Å². The number of rotatable bonds is 5. The minimum absolute atomic E-state index is 0.415. The predicted molar refractivity (Wildman–Crippen MR) is 100.0 cm³/mol. The summed E-state index contributed by atoms with van der Waals surface area (Å²) in [6, 6.07) is 5.02. The molecule has 3 rings (SSSR count). The van der Waals surface area contributed by atoms with E-state index in [1.807, 2.05) is 12.3 Å². The molecule has 2 heterocycles. The van der Waals surface area contributed by atoms with Crippen LogP contribution in [0.15, 0.2) is 23.6 Å². The molecule has 0 aliphatic rings. The van der Waals surface area contributed by atoms with E-state index in [1.54, 1.807) is 25.3 Å². The van der Waals surface area contributed by atoms with Crippen molar-refractivity contribution in [3.05, 3.63) is 34.8 Å². The molecule has 130 valence electrons. The third kappa shape index (κ3) is 3.57. The molecule has 2 aromatic heterocycles. The van der Waals surface area contributed by atoms with Crippen LogP contribution in [0.4, 0.5) is 16.0 Å². The molecule has 0 aliphatic heterocycles. The summed E-state index contributed by atoms with van der Waals surface area (Å²) in [4.78, 5) is 21.5. The number of aromatic nitrogens is 2. The third-order valence-corrected chi connectivity index (χ3v) is 5.18. The number of nitrogens with one attached hydrogen (secondary N) is 1. The third-order valence-electron chi connectivity index (χ3n) is 3.41. The SMILES string of the molecule is COC(=O)c1ccc(OC)c(Nc2nc(-c3sc(N)nc3C)cs2)c1. The van der Waals surface area contributed by atoms with Crippen molar-refractivity contribution in [3.8, 4) is 16.3 Å². The van der Waals surface area contributed by atoms with Gasteiger partial charge in [-0.2, -0.15) is 0 Å². The Morgan fingerprint density at radius 1 is 1.28 bits per heavy atom. The maximum atomic E-state index is 11.7. The summed E-state index contributed by atoms with van der Waals surface area (Å²) in [6.07, 6.45) is 0. The molecule has 7 nitrogen and oxygen atoms in total. The van der Waals surface area contributed by atoms with Gasteiger partial charge in [-0.3, -0.25) is 0 Å². The van der Waals surface area contributed by atoms with Gasteiger partial charge in [-0.1, -0.05) is 11.3 Å². The summed E-state index contributed by atoms with van der Waals surface area (Å²) >= 11 is 2.84. The predicted octanol–water partition coefficient (Wildman–Crippen LogP) is 3.70. The Morgan fingerprint density at radius 2 is 2.08 bits per heavy atom.